The van der Waals surface area contributed by atoms with Gasteiger partial charge in [-0.3, -0.25) is 4.79 Å². The van der Waals surface area contributed by atoms with Gasteiger partial charge in [0.2, 0.25) is 5.91 Å². The topological polar surface area (TPSA) is 32.3 Å². The zero-order valence-electron chi connectivity index (χ0n) is 10.7. The molecular formula is C14H20N2O. The molecule has 0 saturated carbocycles. The molecule has 0 aliphatic carbocycles. The van der Waals surface area contributed by atoms with E-state index in [0.717, 1.165) is 13.0 Å². The monoisotopic (exact) mass is 232 g/mol. The molecule has 1 aromatic carbocycles. The normalized spacial score (nSPS) is 15.9. The van der Waals surface area contributed by atoms with Gasteiger partial charge in [0.1, 0.15) is 6.04 Å². The summed E-state index contributed by atoms with van der Waals surface area (Å²) in [6, 6.07) is 8.43. The first-order valence-corrected chi connectivity index (χ1v) is 6.24. The Morgan fingerprint density at radius 3 is 2.71 bits per heavy atom. The minimum Gasteiger partial charge on any atom is -0.359 e. The predicted molar refractivity (Wildman–Crippen MR) is 70.2 cm³/mol. The van der Waals surface area contributed by atoms with Gasteiger partial charge in [0.15, 0.2) is 0 Å². The van der Waals surface area contributed by atoms with Crippen LogP contribution in [0.4, 0.5) is 5.69 Å². The Morgan fingerprint density at radius 1 is 1.29 bits per heavy atom. The molecule has 1 aromatic rings. The van der Waals surface area contributed by atoms with Gasteiger partial charge in [0, 0.05) is 18.3 Å². The Balaban J connectivity index is 2.12. The maximum Gasteiger partial charge on any atom is 0.242 e. The van der Waals surface area contributed by atoms with Gasteiger partial charge in [0.25, 0.3) is 0 Å². The van der Waals surface area contributed by atoms with E-state index in [1.165, 1.54) is 11.3 Å². The van der Waals surface area contributed by atoms with E-state index in [9.17, 15) is 4.79 Å². The summed E-state index contributed by atoms with van der Waals surface area (Å²) in [5.74, 6) is 0.108. The first-order valence-electron chi connectivity index (χ1n) is 6.24. The van der Waals surface area contributed by atoms with Gasteiger partial charge in [-0.2, -0.15) is 0 Å². The van der Waals surface area contributed by atoms with Gasteiger partial charge in [-0.1, -0.05) is 18.2 Å². The fraction of sp³-hybridized carbons (Fsp3) is 0.500. The number of rotatable bonds is 3. The second-order valence-corrected chi connectivity index (χ2v) is 4.91. The molecular weight excluding hydrogens is 212 g/mol. The van der Waals surface area contributed by atoms with Crippen LogP contribution in [0.3, 0.4) is 0 Å². The number of hydrogen-bond acceptors (Lipinski definition) is 2. The lowest BCUT2D eigenvalue weighted by Crippen LogP contribution is -2.46. The van der Waals surface area contributed by atoms with E-state index in [-0.39, 0.29) is 18.0 Å². The molecule has 0 fully saturated rings. The number of benzene rings is 1. The summed E-state index contributed by atoms with van der Waals surface area (Å²) in [7, 11) is 0. The molecule has 1 amide bonds. The fourth-order valence-electron chi connectivity index (χ4n) is 2.31. The maximum absolute atomic E-state index is 12.0. The van der Waals surface area contributed by atoms with Crippen LogP contribution < -0.4 is 10.2 Å². The van der Waals surface area contributed by atoms with Crippen LogP contribution in [0.2, 0.25) is 0 Å². The fourth-order valence-corrected chi connectivity index (χ4v) is 2.31. The summed E-state index contributed by atoms with van der Waals surface area (Å²) < 4.78 is 0. The molecule has 2 rings (SSSR count). The Kier molecular flexibility index (Phi) is 3.36. The standard InChI is InChI=1S/C14H20N2O/c1-10(2)15-14(17)11(3)16-9-8-12-6-4-5-7-13(12)16/h4-7,10-11H,8-9H2,1-3H3,(H,15,17)/t11-/m0/s1. The molecule has 1 aliphatic rings. The highest BCUT2D eigenvalue weighted by Crippen LogP contribution is 2.29. The SMILES string of the molecule is CC(C)NC(=O)[C@H](C)N1CCc2ccccc21. The van der Waals surface area contributed by atoms with Crippen LogP contribution in [-0.2, 0) is 11.2 Å². The highest BCUT2D eigenvalue weighted by Gasteiger charge is 2.27. The number of carbonyl (C=O) groups is 1. The number of carbonyl (C=O) groups excluding carboxylic acids is 1. The highest BCUT2D eigenvalue weighted by molar-refractivity contribution is 5.85. The van der Waals surface area contributed by atoms with Crippen LogP contribution in [0.15, 0.2) is 24.3 Å². The molecule has 1 heterocycles. The smallest absolute Gasteiger partial charge is 0.242 e. The third-order valence-electron chi connectivity index (χ3n) is 3.20. The molecule has 1 N–H and O–H groups in total. The van der Waals surface area contributed by atoms with Crippen molar-refractivity contribution in [3.8, 4) is 0 Å². The molecule has 17 heavy (non-hydrogen) atoms. The lowest BCUT2D eigenvalue weighted by molar-refractivity contribution is -0.122. The van der Waals surface area contributed by atoms with E-state index in [4.69, 9.17) is 0 Å². The average Bonchev–Trinajstić information content (AvgIpc) is 2.70. The number of nitrogens with one attached hydrogen (secondary N) is 1. The number of nitrogens with zero attached hydrogens (tertiary/aromatic N) is 1. The lowest BCUT2D eigenvalue weighted by Gasteiger charge is -2.27. The van der Waals surface area contributed by atoms with Gasteiger partial charge in [-0.05, 0) is 38.8 Å². The van der Waals surface area contributed by atoms with Crippen molar-refractivity contribution in [3.63, 3.8) is 0 Å². The number of fused-ring (bicyclic) bond motifs is 1. The van der Waals surface area contributed by atoms with Crippen molar-refractivity contribution in [1.82, 2.24) is 5.32 Å². The van der Waals surface area contributed by atoms with Gasteiger partial charge in [0.05, 0.1) is 0 Å². The van der Waals surface area contributed by atoms with Crippen molar-refractivity contribution >= 4 is 11.6 Å². The van der Waals surface area contributed by atoms with Gasteiger partial charge in [-0.25, -0.2) is 0 Å². The second-order valence-electron chi connectivity index (χ2n) is 4.91. The predicted octanol–water partition coefficient (Wildman–Crippen LogP) is 1.96. The van der Waals surface area contributed by atoms with Crippen LogP contribution in [0.25, 0.3) is 0 Å². The van der Waals surface area contributed by atoms with E-state index in [2.05, 4.69) is 28.4 Å². The average molecular weight is 232 g/mol. The number of anilines is 1. The second kappa shape index (κ2) is 4.78. The van der Waals surface area contributed by atoms with Crippen molar-refractivity contribution in [3.05, 3.63) is 29.8 Å². The Labute approximate surface area is 103 Å². The molecule has 92 valence electrons. The maximum atomic E-state index is 12.0. The zero-order valence-corrected chi connectivity index (χ0v) is 10.7. The first kappa shape index (κ1) is 12.0. The summed E-state index contributed by atoms with van der Waals surface area (Å²) in [5.41, 5.74) is 2.55. The highest BCUT2D eigenvalue weighted by atomic mass is 16.2. The van der Waals surface area contributed by atoms with Crippen molar-refractivity contribution in [1.29, 1.82) is 0 Å². The Morgan fingerprint density at radius 2 is 2.00 bits per heavy atom. The molecule has 0 unspecified atom stereocenters. The van der Waals surface area contributed by atoms with E-state index >= 15 is 0 Å². The van der Waals surface area contributed by atoms with Gasteiger partial charge >= 0.3 is 0 Å². The van der Waals surface area contributed by atoms with E-state index in [0.29, 0.717) is 0 Å². The van der Waals surface area contributed by atoms with Crippen molar-refractivity contribution < 1.29 is 4.79 Å². The Hall–Kier alpha value is -1.51. The third kappa shape index (κ3) is 2.43. The number of para-hydroxylation sites is 1. The summed E-state index contributed by atoms with van der Waals surface area (Å²) in [4.78, 5) is 14.2. The lowest BCUT2D eigenvalue weighted by atomic mass is 10.1. The largest absolute Gasteiger partial charge is 0.359 e. The molecule has 0 spiro atoms. The van der Waals surface area contributed by atoms with Crippen LogP contribution in [0, 0.1) is 0 Å². The minimum absolute atomic E-state index is 0.0963. The van der Waals surface area contributed by atoms with Crippen molar-refractivity contribution in [2.75, 3.05) is 11.4 Å². The minimum atomic E-state index is -0.0963. The van der Waals surface area contributed by atoms with Crippen LogP contribution >= 0.6 is 0 Å². The number of hydrogen-bond donors (Lipinski definition) is 1. The molecule has 3 nitrogen and oxygen atoms in total. The van der Waals surface area contributed by atoms with E-state index in [1.54, 1.807) is 0 Å². The van der Waals surface area contributed by atoms with Crippen molar-refractivity contribution in [2.24, 2.45) is 0 Å². The van der Waals surface area contributed by atoms with Crippen molar-refractivity contribution in [2.45, 2.75) is 39.3 Å². The first-order chi connectivity index (χ1) is 8.09. The third-order valence-corrected chi connectivity index (χ3v) is 3.20. The van der Waals surface area contributed by atoms with Crippen LogP contribution in [0.1, 0.15) is 26.3 Å². The van der Waals surface area contributed by atoms with E-state index < -0.39 is 0 Å². The summed E-state index contributed by atoms with van der Waals surface area (Å²) in [5, 5.41) is 2.97. The van der Waals surface area contributed by atoms with Crippen LogP contribution in [0.5, 0.6) is 0 Å². The molecule has 1 atom stereocenters. The number of amides is 1. The van der Waals surface area contributed by atoms with Crippen LogP contribution in [-0.4, -0.2) is 24.5 Å². The zero-order chi connectivity index (χ0) is 12.4. The molecule has 0 aromatic heterocycles. The van der Waals surface area contributed by atoms with Gasteiger partial charge < -0.3 is 10.2 Å². The Bertz CT molecular complexity index is 414. The summed E-state index contributed by atoms with van der Waals surface area (Å²) in [6.45, 7) is 6.89. The van der Waals surface area contributed by atoms with E-state index in [1.807, 2.05) is 26.8 Å². The molecule has 0 saturated heterocycles. The molecule has 0 bridgehead atoms. The molecule has 1 aliphatic heterocycles. The molecule has 3 heteroatoms. The summed E-state index contributed by atoms with van der Waals surface area (Å²) >= 11 is 0. The van der Waals surface area contributed by atoms with Gasteiger partial charge in [-0.15, -0.1) is 0 Å². The quantitative estimate of drug-likeness (QED) is 0.864. The summed E-state index contributed by atoms with van der Waals surface area (Å²) in [6.07, 6.45) is 1.04. The molecule has 0 radical (unpaired) electrons.